The maximum absolute atomic E-state index is 12.2. The number of pyridine rings is 1. The number of carbonyl (C=O) groups is 1. The lowest BCUT2D eigenvalue weighted by molar-refractivity contribution is -0.113. The first kappa shape index (κ1) is 18.3. The van der Waals surface area contributed by atoms with Crippen LogP contribution in [0, 0.1) is 0 Å². The molecule has 2 aromatic heterocycles. The predicted octanol–water partition coefficient (Wildman–Crippen LogP) is 3.69. The Labute approximate surface area is 157 Å². The molecular formula is C19H23N5OS. The Morgan fingerprint density at radius 3 is 2.65 bits per heavy atom. The van der Waals surface area contributed by atoms with Crippen LogP contribution in [0.3, 0.4) is 0 Å². The van der Waals surface area contributed by atoms with Crippen LogP contribution in [0.25, 0.3) is 5.65 Å². The molecule has 6 nitrogen and oxygen atoms in total. The molecule has 0 spiro atoms. The van der Waals surface area contributed by atoms with Crippen LogP contribution in [0.5, 0.6) is 0 Å². The summed E-state index contributed by atoms with van der Waals surface area (Å²) in [6.45, 7) is 7.43. The molecule has 7 heteroatoms. The van der Waals surface area contributed by atoms with Crippen molar-refractivity contribution in [1.29, 1.82) is 0 Å². The molecule has 26 heavy (non-hydrogen) atoms. The number of rotatable bonds is 7. The molecule has 0 radical (unpaired) electrons. The lowest BCUT2D eigenvalue weighted by atomic mass is 10.2. The van der Waals surface area contributed by atoms with E-state index in [0.29, 0.717) is 11.2 Å². The summed E-state index contributed by atoms with van der Waals surface area (Å²) in [5.74, 6) is 0.219. The highest BCUT2D eigenvalue weighted by atomic mass is 32.2. The standard InChI is InChI=1S/C19H23N5OS/c1-4-23(14(2)3)16-10-8-15(9-11-16)20-18(25)13-26-19-22-21-17-7-5-6-12-24(17)19/h5-12,14H,4,13H2,1-3H3,(H,20,25). The fourth-order valence-electron chi connectivity index (χ4n) is 2.83. The van der Waals surface area contributed by atoms with Crippen LogP contribution < -0.4 is 10.2 Å². The topological polar surface area (TPSA) is 62.5 Å². The number of thioether (sulfide) groups is 1. The van der Waals surface area contributed by atoms with Gasteiger partial charge < -0.3 is 10.2 Å². The molecule has 0 saturated heterocycles. The molecule has 0 unspecified atom stereocenters. The lowest BCUT2D eigenvalue weighted by Gasteiger charge is -2.27. The highest BCUT2D eigenvalue weighted by molar-refractivity contribution is 7.99. The summed E-state index contributed by atoms with van der Waals surface area (Å²) in [6.07, 6.45) is 1.89. The van der Waals surface area contributed by atoms with Crippen molar-refractivity contribution in [2.75, 3.05) is 22.5 Å². The zero-order chi connectivity index (χ0) is 18.5. The third-order valence-corrected chi connectivity index (χ3v) is 5.00. The molecule has 0 aliphatic rings. The van der Waals surface area contributed by atoms with Gasteiger partial charge in [-0.15, -0.1) is 10.2 Å². The largest absolute Gasteiger partial charge is 0.369 e. The van der Waals surface area contributed by atoms with Crippen molar-refractivity contribution in [3.8, 4) is 0 Å². The lowest BCUT2D eigenvalue weighted by Crippen LogP contribution is -2.30. The zero-order valence-electron chi connectivity index (χ0n) is 15.2. The van der Waals surface area contributed by atoms with Gasteiger partial charge in [-0.3, -0.25) is 9.20 Å². The number of amides is 1. The highest BCUT2D eigenvalue weighted by Crippen LogP contribution is 2.21. The van der Waals surface area contributed by atoms with Crippen molar-refractivity contribution < 1.29 is 4.79 Å². The van der Waals surface area contributed by atoms with E-state index in [1.165, 1.54) is 11.8 Å². The van der Waals surface area contributed by atoms with Crippen molar-refractivity contribution in [2.24, 2.45) is 0 Å². The Balaban J connectivity index is 1.58. The van der Waals surface area contributed by atoms with Gasteiger partial charge in [0, 0.05) is 30.2 Å². The van der Waals surface area contributed by atoms with Crippen molar-refractivity contribution in [3.05, 3.63) is 48.7 Å². The minimum absolute atomic E-state index is 0.0633. The average Bonchev–Trinajstić information content (AvgIpc) is 3.05. The average molecular weight is 369 g/mol. The smallest absolute Gasteiger partial charge is 0.234 e. The fraction of sp³-hybridized carbons (Fsp3) is 0.316. The second kappa shape index (κ2) is 8.23. The number of carbonyl (C=O) groups excluding carboxylic acids is 1. The van der Waals surface area contributed by atoms with Gasteiger partial charge in [-0.25, -0.2) is 0 Å². The second-order valence-electron chi connectivity index (χ2n) is 6.17. The molecule has 0 aliphatic carbocycles. The highest BCUT2D eigenvalue weighted by Gasteiger charge is 2.10. The van der Waals surface area contributed by atoms with Gasteiger partial charge >= 0.3 is 0 Å². The number of anilines is 2. The van der Waals surface area contributed by atoms with Gasteiger partial charge in [0.25, 0.3) is 0 Å². The quantitative estimate of drug-likeness (QED) is 0.644. The van der Waals surface area contributed by atoms with Gasteiger partial charge in [-0.05, 0) is 57.2 Å². The molecule has 1 N–H and O–H groups in total. The predicted molar refractivity (Wildman–Crippen MR) is 107 cm³/mol. The molecular weight excluding hydrogens is 346 g/mol. The molecule has 1 amide bonds. The molecule has 0 atom stereocenters. The summed E-state index contributed by atoms with van der Waals surface area (Å²) in [7, 11) is 0. The van der Waals surface area contributed by atoms with Crippen LogP contribution in [0.1, 0.15) is 20.8 Å². The van der Waals surface area contributed by atoms with E-state index in [4.69, 9.17) is 0 Å². The van der Waals surface area contributed by atoms with Gasteiger partial charge in [0.1, 0.15) is 0 Å². The van der Waals surface area contributed by atoms with Crippen molar-refractivity contribution in [1.82, 2.24) is 14.6 Å². The number of nitrogens with one attached hydrogen (secondary N) is 1. The molecule has 0 bridgehead atoms. The number of aromatic nitrogens is 3. The number of hydrogen-bond acceptors (Lipinski definition) is 5. The second-order valence-corrected chi connectivity index (χ2v) is 7.12. The molecule has 0 aliphatic heterocycles. The molecule has 136 valence electrons. The first-order valence-electron chi connectivity index (χ1n) is 8.67. The number of nitrogens with zero attached hydrogens (tertiary/aromatic N) is 4. The van der Waals surface area contributed by atoms with E-state index in [-0.39, 0.29) is 11.7 Å². The van der Waals surface area contributed by atoms with Crippen LogP contribution in [0.2, 0.25) is 0 Å². The maximum Gasteiger partial charge on any atom is 0.234 e. The van der Waals surface area contributed by atoms with Gasteiger partial charge in [0.15, 0.2) is 10.8 Å². The molecule has 0 fully saturated rings. The van der Waals surface area contributed by atoms with E-state index < -0.39 is 0 Å². The van der Waals surface area contributed by atoms with Crippen molar-refractivity contribution in [2.45, 2.75) is 32.0 Å². The molecule has 3 rings (SSSR count). The molecule has 2 heterocycles. The Morgan fingerprint density at radius 1 is 1.19 bits per heavy atom. The first-order valence-corrected chi connectivity index (χ1v) is 9.66. The third kappa shape index (κ3) is 4.16. The minimum Gasteiger partial charge on any atom is -0.369 e. The third-order valence-electron chi connectivity index (χ3n) is 4.06. The van der Waals surface area contributed by atoms with Gasteiger partial charge in [-0.1, -0.05) is 17.8 Å². The number of fused-ring (bicyclic) bond motifs is 1. The van der Waals surface area contributed by atoms with Crippen LogP contribution in [-0.4, -0.2) is 38.8 Å². The van der Waals surface area contributed by atoms with Gasteiger partial charge in [0.05, 0.1) is 5.75 Å². The number of benzene rings is 1. The summed E-state index contributed by atoms with van der Waals surface area (Å²) in [5, 5.41) is 11.8. The van der Waals surface area contributed by atoms with Crippen LogP contribution in [0.4, 0.5) is 11.4 Å². The van der Waals surface area contributed by atoms with Crippen LogP contribution >= 0.6 is 11.8 Å². The Morgan fingerprint density at radius 2 is 1.96 bits per heavy atom. The monoisotopic (exact) mass is 369 g/mol. The molecule has 1 aromatic carbocycles. The van der Waals surface area contributed by atoms with Crippen molar-refractivity contribution in [3.63, 3.8) is 0 Å². The normalized spacial score (nSPS) is 11.1. The van der Waals surface area contributed by atoms with E-state index in [9.17, 15) is 4.79 Å². The SMILES string of the molecule is CCN(c1ccc(NC(=O)CSc2nnc3ccccn23)cc1)C(C)C. The summed E-state index contributed by atoms with van der Waals surface area (Å²) >= 11 is 1.37. The summed E-state index contributed by atoms with van der Waals surface area (Å²) in [5.41, 5.74) is 2.73. The van der Waals surface area contributed by atoms with Crippen molar-refractivity contribution >= 4 is 34.7 Å². The maximum atomic E-state index is 12.2. The van der Waals surface area contributed by atoms with Crippen LogP contribution in [0.15, 0.2) is 53.8 Å². The molecule has 3 aromatic rings. The minimum atomic E-state index is -0.0633. The molecule has 0 saturated carbocycles. The van der Waals surface area contributed by atoms with E-state index in [1.54, 1.807) is 0 Å². The van der Waals surface area contributed by atoms with E-state index in [2.05, 4.69) is 41.2 Å². The van der Waals surface area contributed by atoms with Gasteiger partial charge in [-0.2, -0.15) is 0 Å². The Bertz CT molecular complexity index is 875. The summed E-state index contributed by atoms with van der Waals surface area (Å²) in [4.78, 5) is 14.5. The Hall–Kier alpha value is -2.54. The number of hydrogen-bond donors (Lipinski definition) is 1. The van der Waals surface area contributed by atoms with E-state index in [0.717, 1.165) is 23.6 Å². The zero-order valence-corrected chi connectivity index (χ0v) is 16.0. The summed E-state index contributed by atoms with van der Waals surface area (Å²) in [6, 6.07) is 14.1. The fourth-order valence-corrected chi connectivity index (χ4v) is 3.55. The van der Waals surface area contributed by atoms with E-state index >= 15 is 0 Å². The summed E-state index contributed by atoms with van der Waals surface area (Å²) < 4.78 is 1.87. The van der Waals surface area contributed by atoms with Crippen LogP contribution in [-0.2, 0) is 4.79 Å². The van der Waals surface area contributed by atoms with E-state index in [1.807, 2.05) is 53.1 Å². The Kier molecular flexibility index (Phi) is 5.78. The first-order chi connectivity index (χ1) is 12.6. The van der Waals surface area contributed by atoms with Gasteiger partial charge in [0.2, 0.25) is 5.91 Å².